The highest BCUT2D eigenvalue weighted by atomic mass is 35.5. The average Bonchev–Trinajstić information content (AvgIpc) is 3.53. The first kappa shape index (κ1) is 29.4. The summed E-state index contributed by atoms with van der Waals surface area (Å²) >= 11 is 5.93. The van der Waals surface area contributed by atoms with E-state index in [2.05, 4.69) is 20.2 Å². The molecular weight excluding hydrogens is 581 g/mol. The predicted octanol–water partition coefficient (Wildman–Crippen LogP) is 2.56. The molecule has 3 aromatic heterocycles. The van der Waals surface area contributed by atoms with Gasteiger partial charge in [0.1, 0.15) is 12.9 Å². The van der Waals surface area contributed by atoms with Gasteiger partial charge in [0.2, 0.25) is 0 Å². The summed E-state index contributed by atoms with van der Waals surface area (Å²) in [6, 6.07) is 9.26. The average molecular weight is 607 g/mol. The van der Waals surface area contributed by atoms with Gasteiger partial charge in [-0.1, -0.05) is 11.6 Å². The zero-order valence-corrected chi connectivity index (χ0v) is 23.2. The molecule has 0 bridgehead atoms. The first-order chi connectivity index (χ1) is 19.8. The zero-order valence-electron chi connectivity index (χ0n) is 22.5. The molecule has 5 rings (SSSR count). The summed E-state index contributed by atoms with van der Waals surface area (Å²) in [6.07, 6.45) is -4.92. The number of amides is 1. The van der Waals surface area contributed by atoms with Gasteiger partial charge < -0.3 is 14.7 Å². The number of morpholine rings is 1. The van der Waals surface area contributed by atoms with Gasteiger partial charge in [0.25, 0.3) is 5.91 Å². The van der Waals surface area contributed by atoms with Crippen LogP contribution < -0.4 is 5.69 Å². The van der Waals surface area contributed by atoms with Crippen molar-refractivity contribution in [3.05, 3.63) is 75.9 Å². The molecule has 222 valence electrons. The Labute approximate surface area is 241 Å². The number of ether oxygens (including phenoxy) is 1. The lowest BCUT2D eigenvalue weighted by Crippen LogP contribution is -2.55. The Morgan fingerprint density at radius 2 is 1.90 bits per heavy atom. The van der Waals surface area contributed by atoms with Crippen molar-refractivity contribution in [2.24, 2.45) is 0 Å². The number of aliphatic hydroxyl groups is 1. The van der Waals surface area contributed by atoms with Gasteiger partial charge in [-0.2, -0.15) is 13.2 Å². The number of carbonyl (C=O) groups excluding carboxylic acids is 1. The van der Waals surface area contributed by atoms with E-state index >= 15 is 0 Å². The Morgan fingerprint density at radius 3 is 2.60 bits per heavy atom. The van der Waals surface area contributed by atoms with Gasteiger partial charge in [0, 0.05) is 23.3 Å². The molecule has 16 heteroatoms. The van der Waals surface area contributed by atoms with Crippen LogP contribution in [-0.4, -0.2) is 87.6 Å². The van der Waals surface area contributed by atoms with Crippen molar-refractivity contribution in [3.63, 3.8) is 0 Å². The molecule has 0 saturated carbocycles. The van der Waals surface area contributed by atoms with E-state index in [-0.39, 0.29) is 29.8 Å². The number of rotatable bonds is 7. The number of hydrogen-bond donors (Lipinski definition) is 1. The van der Waals surface area contributed by atoms with E-state index in [1.165, 1.54) is 41.5 Å². The molecule has 1 unspecified atom stereocenters. The standard InChI is InChI=1S/C26H26ClF3N8O4/c1-25(2)14-42-11-10-36(25)23(40)21-18(4-3-9-31-21)38-15-32-20(33-38)13-37-24(41)35(12-19(39)26(28,29)30)22(34-37)16-5-7-17(27)8-6-16/h3-9,15,19,39H,10-14H2,1-2H3. The number of pyridine rings is 1. The van der Waals surface area contributed by atoms with Crippen molar-refractivity contribution < 1.29 is 27.8 Å². The highest BCUT2D eigenvalue weighted by Gasteiger charge is 2.39. The normalized spacial score (nSPS) is 16.0. The summed E-state index contributed by atoms with van der Waals surface area (Å²) in [5.41, 5.74) is -0.675. The highest BCUT2D eigenvalue weighted by molar-refractivity contribution is 6.30. The fourth-order valence-electron chi connectivity index (χ4n) is 4.53. The Hall–Kier alpha value is -4.08. The zero-order chi connectivity index (χ0) is 30.2. The smallest absolute Gasteiger partial charge is 0.382 e. The monoisotopic (exact) mass is 606 g/mol. The van der Waals surface area contributed by atoms with Gasteiger partial charge in [0.15, 0.2) is 23.4 Å². The second kappa shape index (κ2) is 11.3. The van der Waals surface area contributed by atoms with Gasteiger partial charge in [-0.25, -0.2) is 24.1 Å². The molecule has 1 aliphatic rings. The molecule has 12 nitrogen and oxygen atoms in total. The molecule has 1 amide bonds. The maximum Gasteiger partial charge on any atom is 0.416 e. The van der Waals surface area contributed by atoms with Crippen LogP contribution in [-0.2, 0) is 17.8 Å². The minimum Gasteiger partial charge on any atom is -0.382 e. The summed E-state index contributed by atoms with van der Waals surface area (Å²) in [5.74, 6) is -0.330. The minimum atomic E-state index is -4.95. The molecule has 1 aromatic carbocycles. The van der Waals surface area contributed by atoms with Gasteiger partial charge in [-0.3, -0.25) is 9.36 Å². The second-order valence-corrected chi connectivity index (χ2v) is 10.7. The first-order valence-corrected chi connectivity index (χ1v) is 13.2. The minimum absolute atomic E-state index is 0.0923. The van der Waals surface area contributed by atoms with Crippen molar-refractivity contribution in [1.29, 1.82) is 0 Å². The van der Waals surface area contributed by atoms with Gasteiger partial charge in [0.05, 0.1) is 31.0 Å². The molecule has 4 aromatic rings. The molecule has 0 radical (unpaired) electrons. The molecular formula is C26H26ClF3N8O4. The van der Waals surface area contributed by atoms with E-state index < -0.39 is 30.1 Å². The van der Waals surface area contributed by atoms with Crippen LogP contribution in [0.5, 0.6) is 0 Å². The van der Waals surface area contributed by atoms with Gasteiger partial charge in [-0.15, -0.1) is 10.2 Å². The third-order valence-corrected chi connectivity index (χ3v) is 6.97. The first-order valence-electron chi connectivity index (χ1n) is 12.8. The van der Waals surface area contributed by atoms with Gasteiger partial charge in [-0.05, 0) is 50.2 Å². The second-order valence-electron chi connectivity index (χ2n) is 10.2. The van der Waals surface area contributed by atoms with Crippen LogP contribution >= 0.6 is 11.6 Å². The molecule has 0 aliphatic carbocycles. The van der Waals surface area contributed by atoms with Crippen LogP contribution in [0.1, 0.15) is 30.2 Å². The number of alkyl halides is 3. The van der Waals surface area contributed by atoms with E-state index in [1.54, 1.807) is 17.0 Å². The van der Waals surface area contributed by atoms with Crippen LogP contribution in [0.2, 0.25) is 5.02 Å². The maximum absolute atomic E-state index is 13.5. The van der Waals surface area contributed by atoms with Crippen LogP contribution in [0, 0.1) is 0 Å². The maximum atomic E-state index is 13.5. The molecule has 1 saturated heterocycles. The summed E-state index contributed by atoms with van der Waals surface area (Å²) in [7, 11) is 0. The van der Waals surface area contributed by atoms with Crippen molar-refractivity contribution >= 4 is 17.5 Å². The lowest BCUT2D eigenvalue weighted by atomic mass is 10.0. The number of aliphatic hydroxyl groups excluding tert-OH is 1. The van der Waals surface area contributed by atoms with Crippen LogP contribution in [0.4, 0.5) is 13.2 Å². The number of carbonyl (C=O) groups is 1. The number of benzene rings is 1. The molecule has 4 heterocycles. The highest BCUT2D eigenvalue weighted by Crippen LogP contribution is 2.25. The summed E-state index contributed by atoms with van der Waals surface area (Å²) in [6.45, 7) is 3.56. The number of hydrogen-bond acceptors (Lipinski definition) is 8. The van der Waals surface area contributed by atoms with Crippen LogP contribution in [0.3, 0.4) is 0 Å². The molecule has 1 aliphatic heterocycles. The fraction of sp³-hybridized carbons (Fsp3) is 0.385. The summed E-state index contributed by atoms with van der Waals surface area (Å²) < 4.78 is 47.9. The largest absolute Gasteiger partial charge is 0.416 e. The molecule has 42 heavy (non-hydrogen) atoms. The third kappa shape index (κ3) is 5.93. The van der Waals surface area contributed by atoms with Crippen molar-refractivity contribution in [1.82, 2.24) is 39.0 Å². The van der Waals surface area contributed by atoms with E-state index in [0.717, 1.165) is 9.25 Å². The Bertz CT molecular complexity index is 1650. The predicted molar refractivity (Wildman–Crippen MR) is 143 cm³/mol. The molecule has 0 spiro atoms. The van der Waals surface area contributed by atoms with Crippen molar-refractivity contribution in [3.8, 4) is 17.1 Å². The summed E-state index contributed by atoms with van der Waals surface area (Å²) in [4.78, 5) is 36.9. The van der Waals surface area contributed by atoms with E-state index in [1.807, 2.05) is 13.8 Å². The topological polar surface area (TPSA) is 133 Å². The quantitative estimate of drug-likeness (QED) is 0.339. The summed E-state index contributed by atoms with van der Waals surface area (Å²) in [5, 5.41) is 18.7. The van der Waals surface area contributed by atoms with Crippen LogP contribution in [0.25, 0.3) is 17.1 Å². The van der Waals surface area contributed by atoms with E-state index in [0.29, 0.717) is 36.0 Å². The molecule has 1 atom stereocenters. The van der Waals surface area contributed by atoms with Crippen molar-refractivity contribution in [2.45, 2.75) is 44.8 Å². The molecule has 1 N–H and O–H groups in total. The molecule has 1 fully saturated rings. The van der Waals surface area contributed by atoms with Crippen molar-refractivity contribution in [2.75, 3.05) is 19.8 Å². The SMILES string of the molecule is CC1(C)COCCN1C(=O)c1ncccc1-n1cnc(Cn2nc(-c3ccc(Cl)cc3)n(CC(O)C(F)(F)F)c2=O)n1. The Kier molecular flexibility index (Phi) is 7.92. The lowest BCUT2D eigenvalue weighted by Gasteiger charge is -2.42. The lowest BCUT2D eigenvalue weighted by molar-refractivity contribution is -0.207. The van der Waals surface area contributed by atoms with Gasteiger partial charge >= 0.3 is 11.9 Å². The number of nitrogens with zero attached hydrogens (tertiary/aromatic N) is 8. The number of aromatic nitrogens is 7. The Balaban J connectivity index is 1.46. The van der Waals surface area contributed by atoms with E-state index in [4.69, 9.17) is 16.3 Å². The fourth-order valence-corrected chi connectivity index (χ4v) is 4.65. The number of halogens is 4. The Morgan fingerprint density at radius 1 is 1.17 bits per heavy atom. The third-order valence-electron chi connectivity index (χ3n) is 6.72. The van der Waals surface area contributed by atoms with E-state index in [9.17, 15) is 27.9 Å². The van der Waals surface area contributed by atoms with Crippen LogP contribution in [0.15, 0.2) is 53.7 Å².